The first kappa shape index (κ1) is 26.6. The third-order valence-electron chi connectivity index (χ3n) is 10.6. The van der Waals surface area contributed by atoms with Gasteiger partial charge in [-0.2, -0.15) is 0 Å². The van der Waals surface area contributed by atoms with Gasteiger partial charge in [-0.3, -0.25) is 4.90 Å². The summed E-state index contributed by atoms with van der Waals surface area (Å²) in [7, 11) is -1.66. The summed E-state index contributed by atoms with van der Waals surface area (Å²) in [5.41, 5.74) is 5.04. The largest absolute Gasteiger partial charge is 0.327 e. The van der Waals surface area contributed by atoms with Gasteiger partial charge in [0, 0.05) is 43.0 Å². The Labute approximate surface area is 237 Å². The van der Waals surface area contributed by atoms with Crippen LogP contribution in [-0.2, 0) is 16.9 Å². The first-order valence-electron chi connectivity index (χ1n) is 15.2. The highest BCUT2D eigenvalue weighted by molar-refractivity contribution is 7.90. The van der Waals surface area contributed by atoms with Gasteiger partial charge in [0.1, 0.15) is 16.5 Å². The monoisotopic (exact) mass is 564 g/mol. The highest BCUT2D eigenvalue weighted by Crippen LogP contribution is 2.44. The summed E-state index contributed by atoms with van der Waals surface area (Å²) in [6.45, 7) is 4.46. The third kappa shape index (κ3) is 4.51. The Hall–Kier alpha value is -2.29. The van der Waals surface area contributed by atoms with E-state index in [0.29, 0.717) is 17.3 Å². The number of hydrogen-bond acceptors (Lipinski definition) is 5. The lowest BCUT2D eigenvalue weighted by Gasteiger charge is -2.50. The average Bonchev–Trinajstić information content (AvgIpc) is 3.34. The van der Waals surface area contributed by atoms with Crippen LogP contribution in [0.5, 0.6) is 0 Å². The summed E-state index contributed by atoms with van der Waals surface area (Å²) in [5.74, 6) is 0.445. The minimum atomic E-state index is -3.62. The summed E-state index contributed by atoms with van der Waals surface area (Å²) >= 11 is 0. The molecule has 4 aliphatic rings. The Morgan fingerprint density at radius 3 is 2.20 bits per heavy atom. The van der Waals surface area contributed by atoms with Crippen LogP contribution in [0.4, 0.5) is 4.39 Å². The molecule has 3 saturated heterocycles. The van der Waals surface area contributed by atoms with Crippen molar-refractivity contribution in [1.82, 2.24) is 19.4 Å². The number of halogens is 1. The van der Waals surface area contributed by atoms with Gasteiger partial charge in [-0.25, -0.2) is 17.8 Å². The van der Waals surface area contributed by atoms with E-state index in [1.54, 1.807) is 6.07 Å². The summed E-state index contributed by atoms with van der Waals surface area (Å²) < 4.78 is 40.4. The Balaban J connectivity index is 1.07. The van der Waals surface area contributed by atoms with Crippen LogP contribution in [0.15, 0.2) is 35.2 Å². The van der Waals surface area contributed by atoms with E-state index in [1.165, 1.54) is 88.6 Å². The van der Waals surface area contributed by atoms with Crippen LogP contribution in [0, 0.1) is 12.7 Å². The third-order valence-corrected chi connectivity index (χ3v) is 11.7. The van der Waals surface area contributed by atoms with Crippen LogP contribution in [0.2, 0.25) is 0 Å². The number of imidazole rings is 1. The van der Waals surface area contributed by atoms with Gasteiger partial charge in [-0.05, 0) is 113 Å². The second kappa shape index (κ2) is 9.92. The number of nitrogens with zero attached hydrogens (tertiary/aromatic N) is 4. The van der Waals surface area contributed by atoms with Crippen LogP contribution in [0.1, 0.15) is 74.8 Å². The molecule has 3 aromatic rings. The SMILES string of the molecule is Cc1cc(C2CCN(C3CC4CCC(C3)N4C3CCC3)CC2)cc2c1nc(-c1ccc(S(C)(=O)=O)c(F)c1)n2C. The molecule has 1 aromatic heterocycles. The van der Waals surface area contributed by atoms with Crippen LogP contribution in [0.3, 0.4) is 0 Å². The van der Waals surface area contributed by atoms with Crippen molar-refractivity contribution in [2.75, 3.05) is 19.3 Å². The van der Waals surface area contributed by atoms with Gasteiger partial charge >= 0.3 is 0 Å². The summed E-state index contributed by atoms with van der Waals surface area (Å²) in [4.78, 5) is 10.3. The fourth-order valence-corrected chi connectivity index (χ4v) is 9.01. The molecule has 2 bridgehead atoms. The van der Waals surface area contributed by atoms with Gasteiger partial charge in [0.25, 0.3) is 0 Å². The molecule has 6 nitrogen and oxygen atoms in total. The molecule has 2 atom stereocenters. The molecule has 40 heavy (non-hydrogen) atoms. The van der Waals surface area contributed by atoms with E-state index in [1.807, 2.05) is 11.6 Å². The molecule has 4 fully saturated rings. The van der Waals surface area contributed by atoms with E-state index in [-0.39, 0.29) is 4.90 Å². The molecule has 1 saturated carbocycles. The lowest BCUT2D eigenvalue weighted by molar-refractivity contribution is -0.000821. The number of sulfone groups is 1. The maximum absolute atomic E-state index is 14.7. The molecule has 0 amide bonds. The minimum Gasteiger partial charge on any atom is -0.327 e. The number of aromatic nitrogens is 2. The van der Waals surface area contributed by atoms with Crippen molar-refractivity contribution in [3.8, 4) is 11.4 Å². The molecule has 4 heterocycles. The smallest absolute Gasteiger partial charge is 0.178 e. The van der Waals surface area contributed by atoms with Crippen molar-refractivity contribution in [3.63, 3.8) is 0 Å². The van der Waals surface area contributed by atoms with Crippen LogP contribution >= 0.6 is 0 Å². The topological polar surface area (TPSA) is 58.4 Å². The van der Waals surface area contributed by atoms with E-state index < -0.39 is 15.7 Å². The van der Waals surface area contributed by atoms with E-state index in [4.69, 9.17) is 4.98 Å². The summed E-state index contributed by atoms with van der Waals surface area (Å²) in [6.07, 6.45) is 13.2. The van der Waals surface area contributed by atoms with Crippen LogP contribution in [-0.4, -0.2) is 71.3 Å². The number of aryl methyl sites for hydroxylation is 2. The van der Waals surface area contributed by atoms with Gasteiger partial charge in [-0.1, -0.05) is 12.5 Å². The van der Waals surface area contributed by atoms with Crippen LogP contribution < -0.4 is 0 Å². The molecule has 0 radical (unpaired) electrons. The Morgan fingerprint density at radius 2 is 1.60 bits per heavy atom. The maximum atomic E-state index is 14.7. The molecule has 2 aromatic carbocycles. The van der Waals surface area contributed by atoms with E-state index in [0.717, 1.165) is 47.0 Å². The molecule has 3 aliphatic heterocycles. The number of piperidine rings is 2. The van der Waals surface area contributed by atoms with Crippen molar-refractivity contribution in [3.05, 3.63) is 47.3 Å². The van der Waals surface area contributed by atoms with Crippen molar-refractivity contribution in [2.24, 2.45) is 7.05 Å². The Bertz CT molecular complexity index is 1540. The molecular formula is C32H41FN4O2S. The second-order valence-electron chi connectivity index (χ2n) is 13.0. The molecule has 0 spiro atoms. The molecule has 2 unspecified atom stereocenters. The quantitative estimate of drug-likeness (QED) is 0.391. The summed E-state index contributed by atoms with van der Waals surface area (Å²) in [6, 6.07) is 12.1. The van der Waals surface area contributed by atoms with Crippen LogP contribution in [0.25, 0.3) is 22.4 Å². The molecular weight excluding hydrogens is 523 g/mol. The lowest BCUT2D eigenvalue weighted by atomic mass is 9.84. The average molecular weight is 565 g/mol. The molecule has 0 N–H and O–H groups in total. The van der Waals surface area contributed by atoms with Gasteiger partial charge in [0.05, 0.1) is 11.0 Å². The van der Waals surface area contributed by atoms with Crippen molar-refractivity contribution in [1.29, 1.82) is 0 Å². The van der Waals surface area contributed by atoms with Crippen molar-refractivity contribution in [2.45, 2.75) is 99.7 Å². The van der Waals surface area contributed by atoms with Gasteiger partial charge in [0.2, 0.25) is 0 Å². The van der Waals surface area contributed by atoms with Crippen molar-refractivity contribution >= 4 is 20.9 Å². The zero-order chi connectivity index (χ0) is 27.8. The van der Waals surface area contributed by atoms with E-state index in [9.17, 15) is 12.8 Å². The normalized spacial score (nSPS) is 26.9. The zero-order valence-corrected chi connectivity index (χ0v) is 24.8. The Kier molecular flexibility index (Phi) is 6.59. The van der Waals surface area contributed by atoms with E-state index in [2.05, 4.69) is 28.9 Å². The number of hydrogen-bond donors (Lipinski definition) is 0. The predicted molar refractivity (Wildman–Crippen MR) is 157 cm³/mol. The Morgan fingerprint density at radius 1 is 0.900 bits per heavy atom. The molecule has 7 rings (SSSR count). The predicted octanol–water partition coefficient (Wildman–Crippen LogP) is 5.82. The fourth-order valence-electron chi connectivity index (χ4n) is 8.28. The molecule has 1 aliphatic carbocycles. The minimum absolute atomic E-state index is 0.281. The molecule has 214 valence electrons. The fraction of sp³-hybridized carbons (Fsp3) is 0.594. The second-order valence-corrected chi connectivity index (χ2v) is 15.0. The first-order valence-corrected chi connectivity index (χ1v) is 17.0. The highest BCUT2D eigenvalue weighted by atomic mass is 32.2. The van der Waals surface area contributed by atoms with Crippen molar-refractivity contribution < 1.29 is 12.8 Å². The number of likely N-dealkylation sites (tertiary alicyclic amines) is 1. The first-order chi connectivity index (χ1) is 19.2. The van der Waals surface area contributed by atoms with E-state index >= 15 is 0 Å². The number of benzene rings is 2. The van der Waals surface area contributed by atoms with Gasteiger partial charge < -0.3 is 9.47 Å². The standard InChI is InChI=1S/C32H41FN4O2S/c1-20-15-23(17-29-31(20)34-32(35(29)2)22-7-10-30(28(33)16-22)40(3,38)39)21-11-13-36(14-12-21)27-18-25-8-9-26(19-27)37(25)24-5-4-6-24/h7,10,15-17,21,24-27H,4-6,8-9,11-14,18-19H2,1-3H3. The molecule has 8 heteroatoms. The maximum Gasteiger partial charge on any atom is 0.178 e. The van der Waals surface area contributed by atoms with Gasteiger partial charge in [0.15, 0.2) is 9.84 Å². The van der Waals surface area contributed by atoms with Gasteiger partial charge in [-0.15, -0.1) is 0 Å². The number of fused-ring (bicyclic) bond motifs is 3. The highest BCUT2D eigenvalue weighted by Gasteiger charge is 2.46. The lowest BCUT2D eigenvalue weighted by Crippen LogP contribution is -2.56. The number of rotatable bonds is 5. The zero-order valence-electron chi connectivity index (χ0n) is 23.9. The summed E-state index contributed by atoms with van der Waals surface area (Å²) in [5, 5.41) is 0.